The molecule has 2 unspecified atom stereocenters. The van der Waals surface area contributed by atoms with E-state index in [9.17, 15) is 0 Å². The molecule has 0 aliphatic carbocycles. The Morgan fingerprint density at radius 3 is 2.60 bits per heavy atom. The summed E-state index contributed by atoms with van der Waals surface area (Å²) in [7, 11) is 0. The number of hydrogen-bond acceptors (Lipinski definition) is 4. The van der Waals surface area contributed by atoms with Crippen molar-refractivity contribution < 1.29 is 4.74 Å². The average molecular weight is 283 g/mol. The Labute approximate surface area is 124 Å². The van der Waals surface area contributed by atoms with Crippen LogP contribution in [0.5, 0.6) is 0 Å². The zero-order valence-electron chi connectivity index (χ0n) is 13.6. The normalized spacial score (nSPS) is 30.0. The van der Waals surface area contributed by atoms with Gasteiger partial charge in [-0.1, -0.05) is 6.92 Å². The molecule has 2 heterocycles. The number of hydrogen-bond donors (Lipinski definition) is 1. The quantitative estimate of drug-likeness (QED) is 0.798. The molecule has 4 heteroatoms. The number of piperazine rings is 1. The van der Waals surface area contributed by atoms with Crippen molar-refractivity contribution in [3.05, 3.63) is 0 Å². The number of ether oxygens (including phenoxy) is 1. The summed E-state index contributed by atoms with van der Waals surface area (Å²) in [6.45, 7) is 15.9. The summed E-state index contributed by atoms with van der Waals surface area (Å²) in [6, 6.07) is 1.35. The first-order valence-electron chi connectivity index (χ1n) is 8.48. The van der Waals surface area contributed by atoms with Crippen LogP contribution in [0.25, 0.3) is 0 Å². The Morgan fingerprint density at radius 2 is 1.95 bits per heavy atom. The second-order valence-electron chi connectivity index (χ2n) is 6.61. The fourth-order valence-corrected chi connectivity index (χ4v) is 3.37. The van der Waals surface area contributed by atoms with E-state index in [1.54, 1.807) is 0 Å². The molecule has 0 radical (unpaired) electrons. The van der Waals surface area contributed by atoms with E-state index in [0.29, 0.717) is 18.0 Å². The van der Waals surface area contributed by atoms with Crippen molar-refractivity contribution in [2.75, 3.05) is 52.5 Å². The lowest BCUT2D eigenvalue weighted by Crippen LogP contribution is -2.53. The van der Waals surface area contributed by atoms with Crippen LogP contribution in [0.2, 0.25) is 0 Å². The molecule has 20 heavy (non-hydrogen) atoms. The molecular weight excluding hydrogens is 250 g/mol. The molecule has 0 aromatic heterocycles. The Bertz CT molecular complexity index is 264. The molecule has 0 saturated carbocycles. The number of nitrogens with one attached hydrogen (secondary N) is 1. The summed E-state index contributed by atoms with van der Waals surface area (Å²) in [4.78, 5) is 5.22. The van der Waals surface area contributed by atoms with Gasteiger partial charge in [-0.15, -0.1) is 0 Å². The molecule has 2 rings (SSSR count). The van der Waals surface area contributed by atoms with Crippen molar-refractivity contribution in [2.45, 2.75) is 45.7 Å². The summed E-state index contributed by atoms with van der Waals surface area (Å²) >= 11 is 0. The van der Waals surface area contributed by atoms with Gasteiger partial charge in [0.2, 0.25) is 0 Å². The smallest absolute Gasteiger partial charge is 0.0521 e. The highest BCUT2D eigenvalue weighted by atomic mass is 16.5. The van der Waals surface area contributed by atoms with E-state index in [0.717, 1.165) is 19.8 Å². The highest BCUT2D eigenvalue weighted by Gasteiger charge is 2.28. The first-order valence-corrected chi connectivity index (χ1v) is 8.48. The van der Waals surface area contributed by atoms with Crippen LogP contribution in [0.3, 0.4) is 0 Å². The lowest BCUT2D eigenvalue weighted by atomic mass is 9.94. The van der Waals surface area contributed by atoms with Gasteiger partial charge in [-0.2, -0.15) is 0 Å². The third kappa shape index (κ3) is 4.69. The van der Waals surface area contributed by atoms with Crippen molar-refractivity contribution in [3.63, 3.8) is 0 Å². The molecule has 4 nitrogen and oxygen atoms in total. The van der Waals surface area contributed by atoms with E-state index in [1.165, 1.54) is 45.6 Å². The predicted octanol–water partition coefficient (Wildman–Crippen LogP) is 1.42. The van der Waals surface area contributed by atoms with Crippen molar-refractivity contribution in [3.8, 4) is 0 Å². The Morgan fingerprint density at radius 1 is 1.20 bits per heavy atom. The number of rotatable bonds is 6. The van der Waals surface area contributed by atoms with E-state index in [1.807, 2.05) is 0 Å². The first-order chi connectivity index (χ1) is 9.70. The molecule has 0 amide bonds. The maximum atomic E-state index is 5.72. The maximum Gasteiger partial charge on any atom is 0.0521 e. The van der Waals surface area contributed by atoms with Gasteiger partial charge in [-0.05, 0) is 33.2 Å². The van der Waals surface area contributed by atoms with Crippen LogP contribution in [0.15, 0.2) is 0 Å². The van der Waals surface area contributed by atoms with Crippen LogP contribution >= 0.6 is 0 Å². The van der Waals surface area contributed by atoms with Crippen molar-refractivity contribution in [2.24, 2.45) is 5.92 Å². The largest absolute Gasteiger partial charge is 0.381 e. The fourth-order valence-electron chi connectivity index (χ4n) is 3.37. The van der Waals surface area contributed by atoms with E-state index in [-0.39, 0.29) is 0 Å². The number of nitrogens with zero attached hydrogens (tertiary/aromatic N) is 2. The van der Waals surface area contributed by atoms with Crippen LogP contribution in [0.1, 0.15) is 33.6 Å². The zero-order chi connectivity index (χ0) is 14.4. The third-order valence-corrected chi connectivity index (χ3v) is 4.76. The van der Waals surface area contributed by atoms with Gasteiger partial charge in [0.25, 0.3) is 0 Å². The molecule has 2 saturated heterocycles. The minimum Gasteiger partial charge on any atom is -0.381 e. The van der Waals surface area contributed by atoms with Gasteiger partial charge in [0.15, 0.2) is 0 Å². The monoisotopic (exact) mass is 283 g/mol. The van der Waals surface area contributed by atoms with Crippen LogP contribution < -0.4 is 5.32 Å². The van der Waals surface area contributed by atoms with Gasteiger partial charge in [0.1, 0.15) is 0 Å². The van der Waals surface area contributed by atoms with Crippen LogP contribution in [0.4, 0.5) is 0 Å². The second kappa shape index (κ2) is 8.32. The topological polar surface area (TPSA) is 27.7 Å². The highest BCUT2D eigenvalue weighted by molar-refractivity contribution is 4.84. The molecular formula is C16H33N3O. The first kappa shape index (κ1) is 16.2. The molecule has 118 valence electrons. The van der Waals surface area contributed by atoms with Gasteiger partial charge >= 0.3 is 0 Å². The van der Waals surface area contributed by atoms with E-state index in [4.69, 9.17) is 4.74 Å². The minimum atomic E-state index is 0.659. The Kier molecular flexibility index (Phi) is 6.75. The zero-order valence-corrected chi connectivity index (χ0v) is 13.6. The molecule has 1 N–H and O–H groups in total. The van der Waals surface area contributed by atoms with Crippen molar-refractivity contribution in [1.82, 2.24) is 15.1 Å². The fraction of sp³-hybridized carbons (Fsp3) is 1.00. The summed E-state index contributed by atoms with van der Waals surface area (Å²) in [6.07, 6.45) is 2.40. The molecule has 2 aliphatic rings. The molecule has 2 fully saturated rings. The Hall–Kier alpha value is -0.160. The van der Waals surface area contributed by atoms with Gasteiger partial charge < -0.3 is 15.0 Å². The lowest BCUT2D eigenvalue weighted by molar-refractivity contribution is 0.00675. The summed E-state index contributed by atoms with van der Waals surface area (Å²) in [5.41, 5.74) is 0. The summed E-state index contributed by atoms with van der Waals surface area (Å²) in [5.74, 6) is 0.667. The molecule has 2 atom stereocenters. The molecule has 0 aromatic rings. The lowest BCUT2D eigenvalue weighted by Gasteiger charge is -2.41. The van der Waals surface area contributed by atoms with Gasteiger partial charge in [0, 0.05) is 57.3 Å². The highest BCUT2D eigenvalue weighted by Crippen LogP contribution is 2.17. The van der Waals surface area contributed by atoms with Crippen molar-refractivity contribution >= 4 is 0 Å². The predicted molar refractivity (Wildman–Crippen MR) is 84.2 cm³/mol. The SMILES string of the molecule is CCCNC1CCOCC1CN1CCN(C(C)C)CC1. The molecule has 0 aromatic carbocycles. The van der Waals surface area contributed by atoms with Gasteiger partial charge in [-0.3, -0.25) is 4.90 Å². The van der Waals surface area contributed by atoms with Crippen LogP contribution in [-0.2, 0) is 4.74 Å². The van der Waals surface area contributed by atoms with Crippen LogP contribution in [-0.4, -0.2) is 74.4 Å². The van der Waals surface area contributed by atoms with E-state index in [2.05, 4.69) is 35.9 Å². The van der Waals surface area contributed by atoms with E-state index >= 15 is 0 Å². The van der Waals surface area contributed by atoms with Crippen LogP contribution in [0, 0.1) is 5.92 Å². The molecule has 2 aliphatic heterocycles. The Balaban J connectivity index is 1.76. The second-order valence-corrected chi connectivity index (χ2v) is 6.61. The summed E-state index contributed by atoms with van der Waals surface area (Å²) < 4.78 is 5.72. The molecule has 0 spiro atoms. The standard InChI is InChI=1S/C16H33N3O/c1-4-6-17-16-5-11-20-13-15(16)12-18-7-9-19(10-8-18)14(2)3/h14-17H,4-13H2,1-3H3. The van der Waals surface area contributed by atoms with Crippen molar-refractivity contribution in [1.29, 1.82) is 0 Å². The average Bonchev–Trinajstić information content (AvgIpc) is 2.47. The third-order valence-electron chi connectivity index (χ3n) is 4.76. The maximum absolute atomic E-state index is 5.72. The molecule has 0 bridgehead atoms. The summed E-state index contributed by atoms with van der Waals surface area (Å²) in [5, 5.41) is 3.72. The van der Waals surface area contributed by atoms with E-state index < -0.39 is 0 Å². The van der Waals surface area contributed by atoms with Gasteiger partial charge in [0.05, 0.1) is 6.61 Å². The minimum absolute atomic E-state index is 0.659. The van der Waals surface area contributed by atoms with Gasteiger partial charge in [-0.25, -0.2) is 0 Å².